The molecule has 0 aromatic heterocycles. The van der Waals surface area contributed by atoms with Gasteiger partial charge in [-0.2, -0.15) is 0 Å². The van der Waals surface area contributed by atoms with Crippen LogP contribution in [0.3, 0.4) is 0 Å². The van der Waals surface area contributed by atoms with Crippen molar-refractivity contribution < 1.29 is 0 Å². The smallest absolute Gasteiger partial charge is 0.0517 e. The fourth-order valence-corrected chi connectivity index (χ4v) is 2.90. The second-order valence-corrected chi connectivity index (χ2v) is 5.31. The Hall–Kier alpha value is -1.76. The van der Waals surface area contributed by atoms with Crippen LogP contribution in [0.25, 0.3) is 0 Å². The first kappa shape index (κ1) is 11.3. The molecule has 3 rings (SSSR count). The summed E-state index contributed by atoms with van der Waals surface area (Å²) in [5.74, 6) is 0. The Bertz CT molecular complexity index is 551. The predicted octanol–water partition coefficient (Wildman–Crippen LogP) is 4.40. The summed E-state index contributed by atoms with van der Waals surface area (Å²) < 4.78 is 0. The minimum atomic E-state index is 0.457. The normalized spacial score (nSPS) is 18.0. The Balaban J connectivity index is 1.91. The van der Waals surface area contributed by atoms with E-state index in [1.54, 1.807) is 0 Å². The van der Waals surface area contributed by atoms with Crippen LogP contribution in [0.2, 0.25) is 0 Å². The van der Waals surface area contributed by atoms with Crippen molar-refractivity contribution in [3.8, 4) is 0 Å². The lowest BCUT2D eigenvalue weighted by atomic mass is 9.92. The molecule has 0 saturated heterocycles. The van der Waals surface area contributed by atoms with Gasteiger partial charge in [0.15, 0.2) is 0 Å². The van der Waals surface area contributed by atoms with Gasteiger partial charge in [-0.05, 0) is 43.9 Å². The summed E-state index contributed by atoms with van der Waals surface area (Å²) in [6.45, 7) is 4.35. The Labute approximate surface area is 109 Å². The molecule has 0 radical (unpaired) electrons. The molecule has 18 heavy (non-hydrogen) atoms. The van der Waals surface area contributed by atoms with E-state index in [2.05, 4.69) is 61.6 Å². The Morgan fingerprint density at radius 2 is 1.72 bits per heavy atom. The minimum Gasteiger partial charge on any atom is -0.378 e. The van der Waals surface area contributed by atoms with E-state index < -0.39 is 0 Å². The molecule has 0 aliphatic carbocycles. The highest BCUT2D eigenvalue weighted by Crippen LogP contribution is 2.32. The van der Waals surface area contributed by atoms with Crippen LogP contribution in [0, 0.1) is 13.8 Å². The van der Waals surface area contributed by atoms with E-state index in [0.29, 0.717) is 6.04 Å². The van der Waals surface area contributed by atoms with E-state index in [4.69, 9.17) is 0 Å². The number of fused-ring (bicyclic) bond motifs is 1. The monoisotopic (exact) mass is 237 g/mol. The summed E-state index contributed by atoms with van der Waals surface area (Å²) in [6.07, 6.45) is 2.35. The molecule has 0 amide bonds. The standard InChI is InChI=1S/C17H19N/c1-12-9-13(2)11-15(10-12)17-8-7-14-5-3-4-6-16(14)18-17/h3-6,9-11,17-18H,7-8H2,1-2H3/t17-/m0/s1. The summed E-state index contributed by atoms with van der Waals surface area (Å²) in [4.78, 5) is 0. The molecule has 1 aliphatic rings. The van der Waals surface area contributed by atoms with E-state index in [1.807, 2.05) is 0 Å². The molecule has 1 atom stereocenters. The second kappa shape index (κ2) is 4.49. The van der Waals surface area contributed by atoms with Crippen molar-refractivity contribution in [2.75, 3.05) is 5.32 Å². The van der Waals surface area contributed by atoms with Gasteiger partial charge in [0.1, 0.15) is 0 Å². The molecule has 1 heteroatoms. The fourth-order valence-electron chi connectivity index (χ4n) is 2.90. The van der Waals surface area contributed by atoms with E-state index in [-0.39, 0.29) is 0 Å². The number of para-hydroxylation sites is 1. The van der Waals surface area contributed by atoms with Crippen LogP contribution in [0.4, 0.5) is 5.69 Å². The third kappa shape index (κ3) is 2.13. The average Bonchev–Trinajstić information content (AvgIpc) is 2.37. The quantitative estimate of drug-likeness (QED) is 0.775. The van der Waals surface area contributed by atoms with Crippen molar-refractivity contribution in [3.63, 3.8) is 0 Å². The third-order valence-electron chi connectivity index (χ3n) is 3.70. The molecule has 0 saturated carbocycles. The predicted molar refractivity (Wildman–Crippen MR) is 77.0 cm³/mol. The van der Waals surface area contributed by atoms with Crippen LogP contribution in [-0.2, 0) is 6.42 Å². The number of anilines is 1. The molecule has 92 valence electrons. The highest BCUT2D eigenvalue weighted by atomic mass is 14.9. The van der Waals surface area contributed by atoms with Crippen LogP contribution in [0.5, 0.6) is 0 Å². The van der Waals surface area contributed by atoms with Gasteiger partial charge in [0.2, 0.25) is 0 Å². The van der Waals surface area contributed by atoms with E-state index >= 15 is 0 Å². The van der Waals surface area contributed by atoms with Gasteiger partial charge in [-0.3, -0.25) is 0 Å². The maximum atomic E-state index is 3.67. The molecule has 0 bridgehead atoms. The van der Waals surface area contributed by atoms with Crippen LogP contribution in [-0.4, -0.2) is 0 Å². The Morgan fingerprint density at radius 3 is 2.50 bits per heavy atom. The molecule has 0 fully saturated rings. The van der Waals surface area contributed by atoms with E-state index in [9.17, 15) is 0 Å². The van der Waals surface area contributed by atoms with Crippen molar-refractivity contribution in [2.24, 2.45) is 0 Å². The van der Waals surface area contributed by atoms with Crippen molar-refractivity contribution in [1.82, 2.24) is 0 Å². The molecule has 1 nitrogen and oxygen atoms in total. The fraction of sp³-hybridized carbons (Fsp3) is 0.294. The summed E-state index contributed by atoms with van der Waals surface area (Å²) >= 11 is 0. The first-order valence-corrected chi connectivity index (χ1v) is 6.65. The van der Waals surface area contributed by atoms with Crippen LogP contribution in [0.1, 0.15) is 34.7 Å². The third-order valence-corrected chi connectivity index (χ3v) is 3.70. The lowest BCUT2D eigenvalue weighted by Gasteiger charge is -2.28. The molecule has 1 N–H and O–H groups in total. The molecule has 2 aromatic carbocycles. The second-order valence-electron chi connectivity index (χ2n) is 5.31. The number of aryl methyl sites for hydroxylation is 3. The number of hydrogen-bond acceptors (Lipinski definition) is 1. The zero-order valence-electron chi connectivity index (χ0n) is 11.0. The zero-order valence-corrected chi connectivity index (χ0v) is 11.0. The van der Waals surface area contributed by atoms with E-state index in [0.717, 1.165) is 0 Å². The lowest BCUT2D eigenvalue weighted by molar-refractivity contribution is 0.667. The van der Waals surface area contributed by atoms with Gasteiger partial charge in [-0.15, -0.1) is 0 Å². The van der Waals surface area contributed by atoms with Gasteiger partial charge in [0.25, 0.3) is 0 Å². The minimum absolute atomic E-state index is 0.457. The van der Waals surface area contributed by atoms with E-state index in [1.165, 1.54) is 40.8 Å². The maximum Gasteiger partial charge on any atom is 0.0517 e. The first-order valence-electron chi connectivity index (χ1n) is 6.65. The zero-order chi connectivity index (χ0) is 12.5. The SMILES string of the molecule is Cc1cc(C)cc([C@@H]2CCc3ccccc3N2)c1. The maximum absolute atomic E-state index is 3.67. The van der Waals surface area contributed by atoms with Gasteiger partial charge < -0.3 is 5.32 Å². The summed E-state index contributed by atoms with van der Waals surface area (Å²) in [7, 11) is 0. The van der Waals surface area contributed by atoms with Gasteiger partial charge in [-0.1, -0.05) is 47.5 Å². The molecule has 0 spiro atoms. The Kier molecular flexibility index (Phi) is 2.83. The van der Waals surface area contributed by atoms with Gasteiger partial charge >= 0.3 is 0 Å². The van der Waals surface area contributed by atoms with Gasteiger partial charge in [0, 0.05) is 5.69 Å². The van der Waals surface area contributed by atoms with Crippen molar-refractivity contribution >= 4 is 5.69 Å². The highest BCUT2D eigenvalue weighted by Gasteiger charge is 2.18. The number of nitrogens with one attached hydrogen (secondary N) is 1. The largest absolute Gasteiger partial charge is 0.378 e. The number of rotatable bonds is 1. The number of benzene rings is 2. The molecular formula is C17H19N. The molecule has 1 heterocycles. The summed E-state index contributed by atoms with van der Waals surface area (Å²) in [6, 6.07) is 15.9. The average molecular weight is 237 g/mol. The van der Waals surface area contributed by atoms with Crippen LogP contribution >= 0.6 is 0 Å². The topological polar surface area (TPSA) is 12.0 Å². The van der Waals surface area contributed by atoms with Gasteiger partial charge in [-0.25, -0.2) is 0 Å². The first-order chi connectivity index (χ1) is 8.72. The summed E-state index contributed by atoms with van der Waals surface area (Å²) in [5, 5.41) is 3.67. The Morgan fingerprint density at radius 1 is 1.00 bits per heavy atom. The molecule has 0 unspecified atom stereocenters. The number of hydrogen-bond donors (Lipinski definition) is 1. The lowest BCUT2D eigenvalue weighted by Crippen LogP contribution is -2.18. The summed E-state index contributed by atoms with van der Waals surface area (Å²) in [5.41, 5.74) is 6.87. The molecule has 1 aliphatic heterocycles. The van der Waals surface area contributed by atoms with Crippen molar-refractivity contribution in [2.45, 2.75) is 32.7 Å². The highest BCUT2D eigenvalue weighted by molar-refractivity contribution is 5.55. The van der Waals surface area contributed by atoms with Crippen LogP contribution < -0.4 is 5.32 Å². The van der Waals surface area contributed by atoms with Crippen molar-refractivity contribution in [3.05, 3.63) is 64.7 Å². The molecular weight excluding hydrogens is 218 g/mol. The van der Waals surface area contributed by atoms with Crippen molar-refractivity contribution in [1.29, 1.82) is 0 Å². The van der Waals surface area contributed by atoms with Crippen LogP contribution in [0.15, 0.2) is 42.5 Å². The van der Waals surface area contributed by atoms with Gasteiger partial charge in [0.05, 0.1) is 6.04 Å². The molecule has 2 aromatic rings.